The van der Waals surface area contributed by atoms with E-state index in [-0.39, 0.29) is 17.6 Å². The van der Waals surface area contributed by atoms with E-state index in [1.807, 2.05) is 6.92 Å². The van der Waals surface area contributed by atoms with Crippen LogP contribution in [-0.2, 0) is 0 Å². The quantitative estimate of drug-likeness (QED) is 0.749. The number of rotatable bonds is 4. The average Bonchev–Trinajstić information content (AvgIpc) is 2.16. The van der Waals surface area contributed by atoms with Crippen LogP contribution in [0.1, 0.15) is 18.5 Å². The highest BCUT2D eigenvalue weighted by molar-refractivity contribution is 5.31. The number of benzene rings is 1. The molecule has 0 saturated carbocycles. The molecule has 0 bridgehead atoms. The smallest absolute Gasteiger partial charge is 0.165 e. The lowest BCUT2D eigenvalue weighted by Gasteiger charge is -2.09. The van der Waals surface area contributed by atoms with Crippen LogP contribution < -0.4 is 10.5 Å². The van der Waals surface area contributed by atoms with Crippen LogP contribution in [0.15, 0.2) is 30.9 Å². The van der Waals surface area contributed by atoms with Gasteiger partial charge >= 0.3 is 0 Å². The monoisotopic (exact) mass is 195 g/mol. The lowest BCUT2D eigenvalue weighted by Crippen LogP contribution is -2.06. The number of nitrogens with two attached hydrogens (primary N) is 1. The summed E-state index contributed by atoms with van der Waals surface area (Å²) in [5.41, 5.74) is 6.52. The van der Waals surface area contributed by atoms with Gasteiger partial charge in [-0.3, -0.25) is 0 Å². The maximum absolute atomic E-state index is 13.2. The van der Waals surface area contributed by atoms with E-state index in [1.54, 1.807) is 18.2 Å². The molecular formula is C11H14FNO. The molecular weight excluding hydrogens is 181 g/mol. The number of hydrogen-bond donors (Lipinski definition) is 1. The normalized spacial score (nSPS) is 12.2. The lowest BCUT2D eigenvalue weighted by atomic mass is 10.1. The lowest BCUT2D eigenvalue weighted by molar-refractivity contribution is 0.341. The van der Waals surface area contributed by atoms with Crippen molar-refractivity contribution in [1.29, 1.82) is 0 Å². The highest BCUT2D eigenvalue weighted by atomic mass is 19.1. The van der Waals surface area contributed by atoms with Gasteiger partial charge in [0.15, 0.2) is 11.6 Å². The summed E-state index contributed by atoms with van der Waals surface area (Å²) in [7, 11) is 0. The Bertz CT molecular complexity index is 323. The number of hydrogen-bond acceptors (Lipinski definition) is 2. The van der Waals surface area contributed by atoms with Gasteiger partial charge in [-0.2, -0.15) is 0 Å². The number of halogens is 1. The Balaban J connectivity index is 2.90. The van der Waals surface area contributed by atoms with Crippen molar-refractivity contribution in [3.63, 3.8) is 0 Å². The van der Waals surface area contributed by atoms with E-state index in [1.165, 1.54) is 6.07 Å². The SMILES string of the molecule is C=CCOc1cc([C@H](C)N)ccc1F. The molecule has 1 aromatic rings. The van der Waals surface area contributed by atoms with Crippen molar-refractivity contribution in [2.75, 3.05) is 6.61 Å². The first-order chi connectivity index (χ1) is 6.65. The molecule has 1 rings (SSSR count). The predicted octanol–water partition coefficient (Wildman–Crippen LogP) is 2.41. The van der Waals surface area contributed by atoms with Crippen molar-refractivity contribution >= 4 is 0 Å². The molecule has 0 aliphatic rings. The van der Waals surface area contributed by atoms with E-state index in [0.29, 0.717) is 6.61 Å². The fourth-order valence-corrected chi connectivity index (χ4v) is 1.06. The second-order valence-electron chi connectivity index (χ2n) is 3.08. The van der Waals surface area contributed by atoms with Gasteiger partial charge in [0.2, 0.25) is 0 Å². The first kappa shape index (κ1) is 10.7. The van der Waals surface area contributed by atoms with Crippen LogP contribution in [0.2, 0.25) is 0 Å². The molecule has 14 heavy (non-hydrogen) atoms. The summed E-state index contributed by atoms with van der Waals surface area (Å²) in [5.74, 6) is -0.157. The average molecular weight is 195 g/mol. The van der Waals surface area contributed by atoms with Crippen molar-refractivity contribution in [2.24, 2.45) is 5.73 Å². The first-order valence-corrected chi connectivity index (χ1v) is 4.44. The Hall–Kier alpha value is -1.35. The molecule has 0 spiro atoms. The summed E-state index contributed by atoms with van der Waals surface area (Å²) in [6, 6.07) is 4.50. The maximum atomic E-state index is 13.2. The minimum Gasteiger partial charge on any atom is -0.486 e. The minimum atomic E-state index is -0.378. The highest BCUT2D eigenvalue weighted by Crippen LogP contribution is 2.21. The van der Waals surface area contributed by atoms with Crippen molar-refractivity contribution in [3.8, 4) is 5.75 Å². The molecule has 2 nitrogen and oxygen atoms in total. The van der Waals surface area contributed by atoms with Crippen LogP contribution in [0.4, 0.5) is 4.39 Å². The van der Waals surface area contributed by atoms with E-state index in [9.17, 15) is 4.39 Å². The zero-order chi connectivity index (χ0) is 10.6. The minimum absolute atomic E-state index is 0.123. The molecule has 0 fully saturated rings. The Morgan fingerprint density at radius 1 is 1.64 bits per heavy atom. The standard InChI is InChI=1S/C11H14FNO/c1-3-6-14-11-7-9(8(2)13)4-5-10(11)12/h3-5,7-8H,1,6,13H2,2H3/t8-/m0/s1. The van der Waals surface area contributed by atoms with Crippen LogP contribution in [0.25, 0.3) is 0 Å². The van der Waals surface area contributed by atoms with Gasteiger partial charge in [-0.25, -0.2) is 4.39 Å². The molecule has 0 aliphatic heterocycles. The number of ether oxygens (including phenoxy) is 1. The Kier molecular flexibility index (Phi) is 3.65. The Labute approximate surface area is 83.2 Å². The second kappa shape index (κ2) is 4.77. The summed E-state index contributed by atoms with van der Waals surface area (Å²) in [6.45, 7) is 5.62. The van der Waals surface area contributed by atoms with Gasteiger partial charge in [0, 0.05) is 6.04 Å². The van der Waals surface area contributed by atoms with Crippen molar-refractivity contribution < 1.29 is 9.13 Å². The molecule has 0 aliphatic carbocycles. The molecule has 0 unspecified atom stereocenters. The molecule has 1 aromatic carbocycles. The second-order valence-corrected chi connectivity index (χ2v) is 3.08. The van der Waals surface area contributed by atoms with Crippen LogP contribution >= 0.6 is 0 Å². The first-order valence-electron chi connectivity index (χ1n) is 4.44. The van der Waals surface area contributed by atoms with Crippen LogP contribution in [0.5, 0.6) is 5.75 Å². The highest BCUT2D eigenvalue weighted by Gasteiger charge is 2.06. The summed E-state index contributed by atoms with van der Waals surface area (Å²) in [4.78, 5) is 0. The zero-order valence-electron chi connectivity index (χ0n) is 8.16. The molecule has 0 saturated heterocycles. The van der Waals surface area contributed by atoms with Crippen LogP contribution in [-0.4, -0.2) is 6.61 Å². The van der Waals surface area contributed by atoms with Crippen LogP contribution in [0.3, 0.4) is 0 Å². The van der Waals surface area contributed by atoms with Gasteiger partial charge in [-0.15, -0.1) is 0 Å². The molecule has 0 radical (unpaired) electrons. The van der Waals surface area contributed by atoms with Crippen LogP contribution in [0, 0.1) is 5.82 Å². The van der Waals surface area contributed by atoms with Gasteiger partial charge < -0.3 is 10.5 Å². The predicted molar refractivity (Wildman–Crippen MR) is 54.7 cm³/mol. The van der Waals surface area contributed by atoms with E-state index in [2.05, 4.69) is 6.58 Å². The van der Waals surface area contributed by atoms with Crippen molar-refractivity contribution in [1.82, 2.24) is 0 Å². The fraction of sp³-hybridized carbons (Fsp3) is 0.273. The van der Waals surface area contributed by atoms with Crippen molar-refractivity contribution in [3.05, 3.63) is 42.2 Å². The van der Waals surface area contributed by atoms with E-state index in [0.717, 1.165) is 5.56 Å². The largest absolute Gasteiger partial charge is 0.486 e. The van der Waals surface area contributed by atoms with Crippen molar-refractivity contribution in [2.45, 2.75) is 13.0 Å². The fourth-order valence-electron chi connectivity index (χ4n) is 1.06. The summed E-state index contributed by atoms with van der Waals surface area (Å²) in [6.07, 6.45) is 1.57. The molecule has 0 amide bonds. The topological polar surface area (TPSA) is 35.2 Å². The Morgan fingerprint density at radius 2 is 2.36 bits per heavy atom. The molecule has 2 N–H and O–H groups in total. The Morgan fingerprint density at radius 3 is 2.93 bits per heavy atom. The molecule has 0 heterocycles. The summed E-state index contributed by atoms with van der Waals surface area (Å²) in [5, 5.41) is 0. The molecule has 0 aromatic heterocycles. The zero-order valence-corrected chi connectivity index (χ0v) is 8.16. The van der Waals surface area contributed by atoms with Gasteiger partial charge in [0.1, 0.15) is 6.61 Å². The van der Waals surface area contributed by atoms with Gasteiger partial charge in [0.25, 0.3) is 0 Å². The third-order valence-electron chi connectivity index (χ3n) is 1.84. The van der Waals surface area contributed by atoms with E-state index >= 15 is 0 Å². The maximum Gasteiger partial charge on any atom is 0.165 e. The summed E-state index contributed by atoms with van der Waals surface area (Å²) < 4.78 is 18.3. The molecule has 3 heteroatoms. The van der Waals surface area contributed by atoms with E-state index < -0.39 is 0 Å². The molecule has 1 atom stereocenters. The third-order valence-corrected chi connectivity index (χ3v) is 1.84. The van der Waals surface area contributed by atoms with Gasteiger partial charge in [0.05, 0.1) is 0 Å². The van der Waals surface area contributed by atoms with E-state index in [4.69, 9.17) is 10.5 Å². The summed E-state index contributed by atoms with van der Waals surface area (Å²) >= 11 is 0. The van der Waals surface area contributed by atoms with Gasteiger partial charge in [-0.05, 0) is 24.6 Å². The molecule has 76 valence electrons. The third kappa shape index (κ3) is 2.57. The van der Waals surface area contributed by atoms with Gasteiger partial charge in [-0.1, -0.05) is 18.7 Å².